The lowest BCUT2D eigenvalue weighted by atomic mass is 9.95. The van der Waals surface area contributed by atoms with Gasteiger partial charge in [-0.15, -0.1) is 0 Å². The van der Waals surface area contributed by atoms with E-state index < -0.39 is 6.04 Å². The lowest BCUT2D eigenvalue weighted by Gasteiger charge is -2.42. The van der Waals surface area contributed by atoms with Crippen LogP contribution < -0.4 is 0 Å². The molecule has 10 heteroatoms. The van der Waals surface area contributed by atoms with Gasteiger partial charge in [0.1, 0.15) is 18.0 Å². The van der Waals surface area contributed by atoms with Gasteiger partial charge < -0.3 is 14.2 Å². The Morgan fingerprint density at radius 1 is 0.981 bits per heavy atom. The molecule has 276 valence electrons. The molecule has 2 fully saturated rings. The van der Waals surface area contributed by atoms with E-state index in [1.165, 1.54) is 23.1 Å². The molecule has 3 heterocycles. The zero-order chi connectivity index (χ0) is 36.7. The van der Waals surface area contributed by atoms with E-state index in [2.05, 4.69) is 44.5 Å². The molecule has 0 N–H and O–H groups in total. The minimum Gasteiger partial charge on any atom is -0.446 e. The minimum absolute atomic E-state index is 0.0802. The normalized spacial score (nSPS) is 19.0. The predicted molar refractivity (Wildman–Crippen MR) is 206 cm³/mol. The van der Waals surface area contributed by atoms with Crippen LogP contribution >= 0.6 is 11.6 Å². The van der Waals surface area contributed by atoms with Crippen molar-refractivity contribution in [3.8, 4) is 11.8 Å². The predicted octanol–water partition coefficient (Wildman–Crippen LogP) is 7.31. The number of amides is 2. The molecule has 0 radical (unpaired) electrons. The van der Waals surface area contributed by atoms with Gasteiger partial charge in [-0.2, -0.15) is 0 Å². The summed E-state index contributed by atoms with van der Waals surface area (Å²) in [6.45, 7) is 7.21. The van der Waals surface area contributed by atoms with Crippen molar-refractivity contribution in [1.29, 1.82) is 0 Å². The van der Waals surface area contributed by atoms with E-state index in [-0.39, 0.29) is 24.1 Å². The summed E-state index contributed by atoms with van der Waals surface area (Å²) < 4.78 is 8.23. The fourth-order valence-electron chi connectivity index (χ4n) is 8.13. The monoisotopic (exact) mass is 732 g/mol. The molecule has 2 atom stereocenters. The maximum absolute atomic E-state index is 14.0. The van der Waals surface area contributed by atoms with Gasteiger partial charge in [0.05, 0.1) is 17.4 Å². The first-order valence-electron chi connectivity index (χ1n) is 19.1. The van der Waals surface area contributed by atoms with Crippen LogP contribution in [0.4, 0.5) is 4.79 Å². The van der Waals surface area contributed by atoms with E-state index in [1.54, 1.807) is 4.90 Å². The van der Waals surface area contributed by atoms with Crippen LogP contribution in [-0.2, 0) is 35.5 Å². The van der Waals surface area contributed by atoms with Crippen molar-refractivity contribution in [2.45, 2.75) is 96.5 Å². The highest BCUT2D eigenvalue weighted by Crippen LogP contribution is 2.38. The highest BCUT2D eigenvalue weighted by Gasteiger charge is 2.38. The SMILES string of the molecule is Cc1cn(CCCN(Cc2ccccc2)C(=O)C#CC2CN([C@@H]3c4ccc(Cl)cc4CCc4cccnc43)CCN2C(=O)OC2CCCCC2)c(C)n1. The third kappa shape index (κ3) is 8.94. The summed E-state index contributed by atoms with van der Waals surface area (Å²) in [5.41, 5.74) is 6.62. The molecule has 1 aliphatic heterocycles. The zero-order valence-electron chi connectivity index (χ0n) is 30.8. The summed E-state index contributed by atoms with van der Waals surface area (Å²) in [5.74, 6) is 7.02. The molecule has 1 saturated heterocycles. The van der Waals surface area contributed by atoms with Crippen LogP contribution in [0.3, 0.4) is 0 Å². The summed E-state index contributed by atoms with van der Waals surface area (Å²) in [6, 6.07) is 19.6. The number of benzene rings is 2. The largest absolute Gasteiger partial charge is 0.446 e. The number of fused-ring (bicyclic) bond motifs is 2. The van der Waals surface area contributed by atoms with E-state index in [9.17, 15) is 9.59 Å². The number of carbonyl (C=O) groups excluding carboxylic acids is 2. The van der Waals surface area contributed by atoms with Crippen LogP contribution in [0.2, 0.25) is 5.02 Å². The molecule has 3 aliphatic rings. The smallest absolute Gasteiger partial charge is 0.411 e. The van der Waals surface area contributed by atoms with Crippen molar-refractivity contribution >= 4 is 23.6 Å². The number of hydrogen-bond acceptors (Lipinski definition) is 6. The third-order valence-electron chi connectivity index (χ3n) is 10.9. The molecule has 1 saturated carbocycles. The topological polar surface area (TPSA) is 83.8 Å². The first-order chi connectivity index (χ1) is 25.8. The zero-order valence-corrected chi connectivity index (χ0v) is 31.6. The molecule has 9 nitrogen and oxygen atoms in total. The molecule has 53 heavy (non-hydrogen) atoms. The number of halogens is 1. The molecule has 4 aromatic rings. The number of aromatic nitrogens is 3. The second kappa shape index (κ2) is 17.0. The number of hydrogen-bond donors (Lipinski definition) is 0. The number of aryl methyl sites for hydroxylation is 5. The quantitative estimate of drug-likeness (QED) is 0.177. The van der Waals surface area contributed by atoms with Gasteiger partial charge in [0, 0.05) is 56.7 Å². The number of ether oxygens (including phenoxy) is 1. The number of nitrogens with zero attached hydrogens (tertiary/aromatic N) is 6. The van der Waals surface area contributed by atoms with Crippen molar-refractivity contribution in [2.24, 2.45) is 0 Å². The Morgan fingerprint density at radius 2 is 1.79 bits per heavy atom. The van der Waals surface area contributed by atoms with Gasteiger partial charge >= 0.3 is 6.09 Å². The number of piperazine rings is 1. The Morgan fingerprint density at radius 3 is 2.58 bits per heavy atom. The van der Waals surface area contributed by atoms with E-state index in [1.807, 2.05) is 73.6 Å². The Hall–Kier alpha value is -4.65. The van der Waals surface area contributed by atoms with Gasteiger partial charge in [0.15, 0.2) is 0 Å². The van der Waals surface area contributed by atoms with Crippen LogP contribution in [0, 0.1) is 25.7 Å². The van der Waals surface area contributed by atoms with Gasteiger partial charge in [0.2, 0.25) is 0 Å². The summed E-state index contributed by atoms with van der Waals surface area (Å²) in [6.07, 6.45) is 11.1. The molecular weight excluding hydrogens is 684 g/mol. The average Bonchev–Trinajstić information content (AvgIpc) is 3.40. The Kier molecular flexibility index (Phi) is 11.8. The van der Waals surface area contributed by atoms with Crippen LogP contribution in [0.1, 0.15) is 84.0 Å². The fraction of sp³-hybridized carbons (Fsp3) is 0.442. The van der Waals surface area contributed by atoms with E-state index in [4.69, 9.17) is 21.3 Å². The Bertz CT molecular complexity index is 1960. The summed E-state index contributed by atoms with van der Waals surface area (Å²) in [4.78, 5) is 43.3. The highest BCUT2D eigenvalue weighted by atomic mass is 35.5. The van der Waals surface area contributed by atoms with Gasteiger partial charge in [-0.1, -0.05) is 66.4 Å². The van der Waals surface area contributed by atoms with Crippen molar-refractivity contribution < 1.29 is 14.3 Å². The molecule has 7 rings (SSSR count). The number of imidazole rings is 1. The second-order valence-corrected chi connectivity index (χ2v) is 15.0. The van der Waals surface area contributed by atoms with Crippen LogP contribution in [0.25, 0.3) is 0 Å². The van der Waals surface area contributed by atoms with E-state index >= 15 is 0 Å². The molecular formula is C43H49ClN6O3. The molecule has 0 spiro atoms. The van der Waals surface area contributed by atoms with E-state index in [0.717, 1.165) is 74.3 Å². The van der Waals surface area contributed by atoms with Gasteiger partial charge in [-0.25, -0.2) is 9.78 Å². The summed E-state index contributed by atoms with van der Waals surface area (Å²) >= 11 is 6.50. The average molecular weight is 733 g/mol. The molecule has 0 bridgehead atoms. The number of carbonyl (C=O) groups is 2. The second-order valence-electron chi connectivity index (χ2n) is 14.6. The van der Waals surface area contributed by atoms with E-state index in [0.29, 0.717) is 37.7 Å². The fourth-order valence-corrected chi connectivity index (χ4v) is 8.33. The van der Waals surface area contributed by atoms with Crippen LogP contribution in [0.15, 0.2) is 73.1 Å². The molecule has 2 amide bonds. The lowest BCUT2D eigenvalue weighted by Crippen LogP contribution is -2.56. The Labute approximate surface area is 318 Å². The summed E-state index contributed by atoms with van der Waals surface area (Å²) in [7, 11) is 0. The lowest BCUT2D eigenvalue weighted by molar-refractivity contribution is -0.125. The van der Waals surface area contributed by atoms with Crippen LogP contribution in [-0.4, -0.2) is 79.6 Å². The maximum atomic E-state index is 14.0. The van der Waals surface area contributed by atoms with Crippen molar-refractivity contribution in [3.63, 3.8) is 0 Å². The minimum atomic E-state index is -0.551. The first kappa shape index (κ1) is 36.7. The standard InChI is InChI=1S/C43H49ClN6O3/c1-31-28-47(32(2)46-31)23-10-24-48(29-33-11-5-3-6-12-33)40(51)21-19-37-30-49(25-26-50(37)43(52)53-38-14-7-4-8-15-38)42-39-20-18-36(44)27-35(39)17-16-34-13-9-22-45-41(34)42/h3,5-6,9,11-13,18,20,22,27-28,37-38,42H,4,7-8,10,14-17,23-26,29-30H2,1-2H3/t37?,42-/m1/s1. The highest BCUT2D eigenvalue weighted by molar-refractivity contribution is 6.30. The first-order valence-corrected chi connectivity index (χ1v) is 19.5. The molecule has 1 unspecified atom stereocenters. The van der Waals surface area contributed by atoms with Crippen LogP contribution in [0.5, 0.6) is 0 Å². The molecule has 2 aromatic heterocycles. The van der Waals surface area contributed by atoms with Gasteiger partial charge in [0.25, 0.3) is 5.91 Å². The third-order valence-corrected chi connectivity index (χ3v) is 11.1. The number of rotatable bonds is 8. The molecule has 2 aliphatic carbocycles. The van der Waals surface area contributed by atoms with Crippen molar-refractivity contribution in [2.75, 3.05) is 26.2 Å². The van der Waals surface area contributed by atoms with Gasteiger partial charge in [-0.05, 0) is 105 Å². The summed E-state index contributed by atoms with van der Waals surface area (Å²) in [5, 5.41) is 0.717. The van der Waals surface area contributed by atoms with Crippen molar-refractivity contribution in [3.05, 3.63) is 118 Å². The Balaban J connectivity index is 1.17. The maximum Gasteiger partial charge on any atom is 0.411 e. The van der Waals surface area contributed by atoms with Gasteiger partial charge in [-0.3, -0.25) is 19.6 Å². The van der Waals surface area contributed by atoms with Crippen molar-refractivity contribution in [1.82, 2.24) is 29.2 Å². The molecule has 2 aromatic carbocycles. The number of pyridine rings is 1.